The molecule has 1 atom stereocenters. The van der Waals surface area contributed by atoms with Gasteiger partial charge in [0.1, 0.15) is 11.4 Å². The van der Waals surface area contributed by atoms with E-state index >= 15 is 0 Å². The fourth-order valence-corrected chi connectivity index (χ4v) is 1.52. The Bertz CT molecular complexity index is 433. The Morgan fingerprint density at radius 1 is 1.44 bits per heavy atom. The van der Waals surface area contributed by atoms with Crippen molar-refractivity contribution >= 4 is 24.3 Å². The lowest BCUT2D eigenvalue weighted by molar-refractivity contribution is -0.124. The number of nitrogens with two attached hydrogens (primary N) is 1. The van der Waals surface area contributed by atoms with E-state index in [-0.39, 0.29) is 24.6 Å². The van der Waals surface area contributed by atoms with Crippen LogP contribution in [0.1, 0.15) is 11.4 Å². The highest BCUT2D eigenvalue weighted by atomic mass is 35.5. The van der Waals surface area contributed by atoms with Crippen LogP contribution in [0, 0.1) is 6.92 Å². The van der Waals surface area contributed by atoms with Crippen molar-refractivity contribution < 1.29 is 14.2 Å². The molecule has 1 aromatic heterocycles. The van der Waals surface area contributed by atoms with Crippen LogP contribution in [0.2, 0.25) is 0 Å². The van der Waals surface area contributed by atoms with Crippen LogP contribution in [0.25, 0.3) is 0 Å². The first-order valence-corrected chi connectivity index (χ1v) is 4.23. The van der Waals surface area contributed by atoms with E-state index in [4.69, 9.17) is 5.73 Å². The molecule has 1 aromatic rings. The number of imide groups is 1. The quantitative estimate of drug-likeness (QED) is 0.564. The van der Waals surface area contributed by atoms with Crippen molar-refractivity contribution in [1.29, 1.82) is 0 Å². The topological polar surface area (TPSA) is 123 Å². The summed E-state index contributed by atoms with van der Waals surface area (Å²) in [5.41, 5.74) is 4.78. The second-order valence-corrected chi connectivity index (χ2v) is 3.22. The molecule has 16 heavy (non-hydrogen) atoms. The molecule has 0 radical (unpaired) electrons. The van der Waals surface area contributed by atoms with Crippen LogP contribution in [0.15, 0.2) is 4.63 Å². The maximum atomic E-state index is 11.6. The second kappa shape index (κ2) is 4.06. The molecule has 0 bridgehead atoms. The van der Waals surface area contributed by atoms with Gasteiger partial charge in [0.15, 0.2) is 5.54 Å². The zero-order valence-electron chi connectivity index (χ0n) is 8.31. The lowest BCUT2D eigenvalue weighted by atomic mass is 9.94. The Labute approximate surface area is 96.3 Å². The van der Waals surface area contributed by atoms with E-state index in [2.05, 4.69) is 25.6 Å². The van der Waals surface area contributed by atoms with Crippen molar-refractivity contribution in [3.05, 3.63) is 11.4 Å². The van der Waals surface area contributed by atoms with Gasteiger partial charge in [0.25, 0.3) is 5.91 Å². The molecule has 88 valence electrons. The van der Waals surface area contributed by atoms with Gasteiger partial charge in [0.05, 0.1) is 0 Å². The highest BCUT2D eigenvalue weighted by molar-refractivity contribution is 6.07. The van der Waals surface area contributed by atoms with E-state index in [1.165, 1.54) is 0 Å². The SMILES string of the molecule is Cc1nonc1[C@@]1(CN)NC(=O)NC1=O.Cl. The van der Waals surface area contributed by atoms with E-state index < -0.39 is 17.5 Å². The van der Waals surface area contributed by atoms with Gasteiger partial charge in [-0.05, 0) is 6.92 Å². The fraction of sp³-hybridized carbons (Fsp3) is 0.429. The van der Waals surface area contributed by atoms with Crippen molar-refractivity contribution in [3.63, 3.8) is 0 Å². The predicted octanol–water partition coefficient (Wildman–Crippen LogP) is -1.21. The summed E-state index contributed by atoms with van der Waals surface area (Å²) in [6.07, 6.45) is 0. The zero-order chi connectivity index (χ0) is 11.1. The van der Waals surface area contributed by atoms with Crippen molar-refractivity contribution in [2.24, 2.45) is 5.73 Å². The molecule has 2 heterocycles. The molecule has 0 aromatic carbocycles. The summed E-state index contributed by atoms with van der Waals surface area (Å²) in [5, 5.41) is 11.6. The molecule has 0 spiro atoms. The molecular formula is C7H10ClN5O3. The van der Waals surface area contributed by atoms with Gasteiger partial charge in [0.2, 0.25) is 0 Å². The summed E-state index contributed by atoms with van der Waals surface area (Å²) in [6, 6.07) is -0.604. The summed E-state index contributed by atoms with van der Waals surface area (Å²) >= 11 is 0. The lowest BCUT2D eigenvalue weighted by Gasteiger charge is -2.20. The van der Waals surface area contributed by atoms with Gasteiger partial charge in [-0.2, -0.15) is 0 Å². The molecule has 9 heteroatoms. The van der Waals surface area contributed by atoms with Crippen LogP contribution < -0.4 is 16.4 Å². The van der Waals surface area contributed by atoms with E-state index in [0.717, 1.165) is 0 Å². The van der Waals surface area contributed by atoms with Gasteiger partial charge in [-0.15, -0.1) is 12.4 Å². The Hall–Kier alpha value is -1.67. The molecule has 0 aliphatic carbocycles. The lowest BCUT2D eigenvalue weighted by Crippen LogP contribution is -2.50. The van der Waals surface area contributed by atoms with Crippen LogP contribution in [0.5, 0.6) is 0 Å². The molecule has 4 N–H and O–H groups in total. The van der Waals surface area contributed by atoms with Crippen molar-refractivity contribution in [1.82, 2.24) is 20.9 Å². The summed E-state index contributed by atoms with van der Waals surface area (Å²) in [4.78, 5) is 22.7. The molecule has 1 fully saturated rings. The molecule has 2 rings (SSSR count). The van der Waals surface area contributed by atoms with Gasteiger partial charge in [-0.3, -0.25) is 10.1 Å². The van der Waals surface area contributed by atoms with E-state index in [1.54, 1.807) is 6.92 Å². The monoisotopic (exact) mass is 247 g/mol. The Morgan fingerprint density at radius 2 is 2.12 bits per heavy atom. The van der Waals surface area contributed by atoms with Gasteiger partial charge in [-0.1, -0.05) is 10.3 Å². The van der Waals surface area contributed by atoms with Gasteiger partial charge in [0, 0.05) is 6.54 Å². The fourth-order valence-electron chi connectivity index (χ4n) is 1.52. The molecule has 3 amide bonds. The first-order valence-electron chi connectivity index (χ1n) is 4.23. The van der Waals surface area contributed by atoms with Crippen LogP contribution >= 0.6 is 12.4 Å². The van der Waals surface area contributed by atoms with Gasteiger partial charge < -0.3 is 11.1 Å². The first-order chi connectivity index (χ1) is 7.10. The Morgan fingerprint density at radius 3 is 2.50 bits per heavy atom. The second-order valence-electron chi connectivity index (χ2n) is 3.22. The van der Waals surface area contributed by atoms with Crippen LogP contribution in [0.3, 0.4) is 0 Å². The number of rotatable bonds is 2. The summed E-state index contributed by atoms with van der Waals surface area (Å²) in [6.45, 7) is 1.50. The third-order valence-corrected chi connectivity index (χ3v) is 2.30. The first kappa shape index (κ1) is 12.4. The number of halogens is 1. The average molecular weight is 248 g/mol. The minimum absolute atomic E-state index is 0. The molecule has 1 aliphatic heterocycles. The smallest absolute Gasteiger partial charge is 0.322 e. The Balaban J connectivity index is 0.00000128. The van der Waals surface area contributed by atoms with Crippen molar-refractivity contribution in [3.8, 4) is 0 Å². The third kappa shape index (κ3) is 1.51. The highest BCUT2D eigenvalue weighted by Gasteiger charge is 2.50. The maximum Gasteiger partial charge on any atom is 0.322 e. The number of carbonyl (C=O) groups is 2. The molecule has 0 saturated carbocycles. The number of amides is 3. The summed E-state index contributed by atoms with van der Waals surface area (Å²) in [5.74, 6) is -0.547. The minimum atomic E-state index is -1.36. The number of hydrogen-bond acceptors (Lipinski definition) is 6. The maximum absolute atomic E-state index is 11.6. The Kier molecular flexibility index (Phi) is 3.15. The third-order valence-electron chi connectivity index (χ3n) is 2.30. The van der Waals surface area contributed by atoms with Crippen molar-refractivity contribution in [2.75, 3.05) is 6.54 Å². The molecule has 1 aliphatic rings. The molecule has 8 nitrogen and oxygen atoms in total. The van der Waals surface area contributed by atoms with Gasteiger partial charge >= 0.3 is 6.03 Å². The highest BCUT2D eigenvalue weighted by Crippen LogP contribution is 2.23. The van der Waals surface area contributed by atoms with Crippen molar-refractivity contribution in [2.45, 2.75) is 12.5 Å². The number of hydrogen-bond donors (Lipinski definition) is 3. The van der Waals surface area contributed by atoms with Crippen LogP contribution in [-0.4, -0.2) is 28.8 Å². The predicted molar refractivity (Wildman–Crippen MR) is 53.7 cm³/mol. The number of nitrogens with zero attached hydrogens (tertiary/aromatic N) is 2. The number of carbonyl (C=O) groups excluding carboxylic acids is 2. The summed E-state index contributed by atoms with van der Waals surface area (Å²) < 4.78 is 4.48. The largest absolute Gasteiger partial charge is 0.327 e. The molecule has 0 unspecified atom stereocenters. The van der Waals surface area contributed by atoms with Crippen LogP contribution in [-0.2, 0) is 10.3 Å². The number of urea groups is 1. The standard InChI is InChI=1S/C7H9N5O3.ClH/c1-3-4(12-15-11-3)7(2-8)5(13)9-6(14)10-7;/h2,8H2,1H3,(H2,9,10,13,14);1H/t7-;/m1./s1. The summed E-state index contributed by atoms with van der Waals surface area (Å²) in [7, 11) is 0. The minimum Gasteiger partial charge on any atom is -0.327 e. The normalized spacial score (nSPS) is 23.6. The van der Waals surface area contributed by atoms with Gasteiger partial charge in [-0.25, -0.2) is 9.42 Å². The number of aromatic nitrogens is 2. The molecule has 1 saturated heterocycles. The number of nitrogens with one attached hydrogen (secondary N) is 2. The van der Waals surface area contributed by atoms with E-state index in [0.29, 0.717) is 5.69 Å². The van der Waals surface area contributed by atoms with E-state index in [9.17, 15) is 9.59 Å². The zero-order valence-corrected chi connectivity index (χ0v) is 9.13. The van der Waals surface area contributed by atoms with E-state index in [1.807, 2.05) is 0 Å². The number of aryl methyl sites for hydroxylation is 1. The molecular weight excluding hydrogens is 238 g/mol. The average Bonchev–Trinajstić information content (AvgIpc) is 2.71. The van der Waals surface area contributed by atoms with Crippen LogP contribution in [0.4, 0.5) is 4.79 Å².